The van der Waals surface area contributed by atoms with E-state index in [1.54, 1.807) is 12.1 Å². The number of carbonyl (C=O) groups is 1. The van der Waals surface area contributed by atoms with Gasteiger partial charge in [0.2, 0.25) is 0 Å². The van der Waals surface area contributed by atoms with E-state index < -0.39 is 17.6 Å². The van der Waals surface area contributed by atoms with Gasteiger partial charge in [0.05, 0.1) is 6.42 Å². The summed E-state index contributed by atoms with van der Waals surface area (Å²) in [6.07, 6.45) is 0.0392. The van der Waals surface area contributed by atoms with Crippen LogP contribution in [0, 0.1) is 11.6 Å². The number of rotatable bonds is 4. The predicted molar refractivity (Wildman–Crippen MR) is 70.3 cm³/mol. The molecule has 0 radical (unpaired) electrons. The molecule has 0 aliphatic rings. The van der Waals surface area contributed by atoms with Crippen LogP contribution in [0.3, 0.4) is 0 Å². The second-order valence-electron chi connectivity index (χ2n) is 4.36. The zero-order chi connectivity index (χ0) is 14.0. The number of benzene rings is 1. The van der Waals surface area contributed by atoms with E-state index in [9.17, 15) is 13.6 Å². The molecular weight excluding hydrogens is 270 g/mol. The number of hydrogen-bond acceptors (Lipinski definition) is 2. The number of carboxylic acids is 1. The number of halogens is 2. The van der Waals surface area contributed by atoms with Crippen LogP contribution in [-0.4, -0.2) is 11.1 Å². The summed E-state index contributed by atoms with van der Waals surface area (Å²) in [6.45, 7) is 1.82. The highest BCUT2D eigenvalue weighted by Crippen LogP contribution is 2.34. The Labute approximate surface area is 113 Å². The molecule has 2 aromatic rings. The Hall–Kier alpha value is -1.75. The molecule has 100 valence electrons. The zero-order valence-electron chi connectivity index (χ0n) is 10.2. The van der Waals surface area contributed by atoms with Gasteiger partial charge in [-0.05, 0) is 29.8 Å². The van der Waals surface area contributed by atoms with Gasteiger partial charge in [-0.2, -0.15) is 0 Å². The quantitative estimate of drug-likeness (QED) is 0.909. The number of hydrogen-bond donors (Lipinski definition) is 1. The van der Waals surface area contributed by atoms with Crippen LogP contribution in [0.25, 0.3) is 10.4 Å². The molecule has 0 amide bonds. The molecule has 0 saturated carbocycles. The van der Waals surface area contributed by atoms with E-state index in [-0.39, 0.29) is 12.3 Å². The normalized spacial score (nSPS) is 12.4. The standard InChI is InChI=1S/C14H12F2O2S/c1-8(4-14(17)18)12-2-3-13(19-12)9-5-10(15)7-11(16)6-9/h2-3,5-8H,4H2,1H3,(H,17,18). The molecule has 2 rings (SSSR count). The summed E-state index contributed by atoms with van der Waals surface area (Å²) in [5.41, 5.74) is 0.469. The van der Waals surface area contributed by atoms with Crippen LogP contribution in [0.1, 0.15) is 24.1 Å². The first-order valence-electron chi connectivity index (χ1n) is 5.73. The van der Waals surface area contributed by atoms with Gasteiger partial charge in [-0.25, -0.2) is 8.78 Å². The lowest BCUT2D eigenvalue weighted by Crippen LogP contribution is -2.00. The zero-order valence-corrected chi connectivity index (χ0v) is 11.0. The predicted octanol–water partition coefficient (Wildman–Crippen LogP) is 4.27. The molecule has 0 aliphatic heterocycles. The lowest BCUT2D eigenvalue weighted by atomic mass is 10.1. The van der Waals surface area contributed by atoms with Crippen LogP contribution < -0.4 is 0 Å². The van der Waals surface area contributed by atoms with Crippen molar-refractivity contribution in [2.75, 3.05) is 0 Å². The van der Waals surface area contributed by atoms with Gasteiger partial charge in [0.15, 0.2) is 0 Å². The summed E-state index contributed by atoms with van der Waals surface area (Å²) in [6, 6.07) is 6.91. The minimum absolute atomic E-state index is 0.0392. The molecule has 1 atom stereocenters. The Morgan fingerprint density at radius 1 is 1.26 bits per heavy atom. The van der Waals surface area contributed by atoms with E-state index >= 15 is 0 Å². The van der Waals surface area contributed by atoms with Crippen molar-refractivity contribution in [3.63, 3.8) is 0 Å². The molecule has 19 heavy (non-hydrogen) atoms. The first kappa shape index (κ1) is 13.7. The molecule has 0 spiro atoms. The lowest BCUT2D eigenvalue weighted by molar-refractivity contribution is -0.137. The van der Waals surface area contributed by atoms with Gasteiger partial charge in [-0.3, -0.25) is 4.79 Å². The smallest absolute Gasteiger partial charge is 0.303 e. The van der Waals surface area contributed by atoms with Gasteiger partial charge in [-0.1, -0.05) is 6.92 Å². The average molecular weight is 282 g/mol. The third-order valence-corrected chi connectivity index (χ3v) is 4.11. The summed E-state index contributed by atoms with van der Waals surface area (Å²) in [4.78, 5) is 12.3. The maximum Gasteiger partial charge on any atom is 0.303 e. The minimum Gasteiger partial charge on any atom is -0.481 e. The van der Waals surface area contributed by atoms with Gasteiger partial charge in [0, 0.05) is 21.7 Å². The Bertz CT molecular complexity index is 587. The van der Waals surface area contributed by atoms with Crippen molar-refractivity contribution in [2.24, 2.45) is 0 Å². The van der Waals surface area contributed by atoms with Crippen molar-refractivity contribution in [3.05, 3.63) is 46.8 Å². The van der Waals surface area contributed by atoms with Crippen molar-refractivity contribution in [3.8, 4) is 10.4 Å². The van der Waals surface area contributed by atoms with Crippen LogP contribution in [0.5, 0.6) is 0 Å². The van der Waals surface area contributed by atoms with Crippen molar-refractivity contribution in [1.29, 1.82) is 0 Å². The Kier molecular flexibility index (Phi) is 3.95. The molecule has 0 aliphatic carbocycles. The van der Waals surface area contributed by atoms with Crippen molar-refractivity contribution >= 4 is 17.3 Å². The molecule has 1 aromatic heterocycles. The third kappa shape index (κ3) is 3.38. The van der Waals surface area contributed by atoms with E-state index in [0.717, 1.165) is 15.8 Å². The minimum atomic E-state index is -0.862. The van der Waals surface area contributed by atoms with Crippen LogP contribution >= 0.6 is 11.3 Å². The van der Waals surface area contributed by atoms with Gasteiger partial charge in [0.25, 0.3) is 0 Å². The first-order chi connectivity index (χ1) is 8.95. The highest BCUT2D eigenvalue weighted by molar-refractivity contribution is 7.15. The summed E-state index contributed by atoms with van der Waals surface area (Å²) in [5.74, 6) is -2.22. The fourth-order valence-corrected chi connectivity index (χ4v) is 2.88. The summed E-state index contributed by atoms with van der Waals surface area (Å²) in [7, 11) is 0. The molecule has 2 nitrogen and oxygen atoms in total. The van der Waals surface area contributed by atoms with Crippen molar-refractivity contribution in [2.45, 2.75) is 19.3 Å². The molecule has 1 unspecified atom stereocenters. The Morgan fingerprint density at radius 2 is 1.89 bits per heavy atom. The summed E-state index contributed by atoms with van der Waals surface area (Å²) < 4.78 is 26.3. The average Bonchev–Trinajstić information content (AvgIpc) is 2.75. The Balaban J connectivity index is 2.27. The molecular formula is C14H12F2O2S. The first-order valence-corrected chi connectivity index (χ1v) is 6.55. The largest absolute Gasteiger partial charge is 0.481 e. The second-order valence-corrected chi connectivity index (χ2v) is 5.47. The summed E-state index contributed by atoms with van der Waals surface area (Å²) >= 11 is 1.36. The topological polar surface area (TPSA) is 37.3 Å². The van der Waals surface area contributed by atoms with E-state index in [2.05, 4.69) is 0 Å². The molecule has 1 heterocycles. The van der Waals surface area contributed by atoms with E-state index in [1.165, 1.54) is 23.5 Å². The fourth-order valence-electron chi connectivity index (χ4n) is 1.83. The third-order valence-electron chi connectivity index (χ3n) is 2.74. The Morgan fingerprint density at radius 3 is 2.47 bits per heavy atom. The van der Waals surface area contributed by atoms with Crippen LogP contribution in [-0.2, 0) is 4.79 Å². The number of thiophene rings is 1. The molecule has 0 fully saturated rings. The monoisotopic (exact) mass is 282 g/mol. The number of carboxylic acid groups (broad SMARTS) is 1. The highest BCUT2D eigenvalue weighted by Gasteiger charge is 2.13. The van der Waals surface area contributed by atoms with Gasteiger partial charge < -0.3 is 5.11 Å². The molecule has 1 N–H and O–H groups in total. The van der Waals surface area contributed by atoms with Crippen LogP contribution in [0.2, 0.25) is 0 Å². The maximum atomic E-state index is 13.1. The second kappa shape index (κ2) is 5.48. The van der Waals surface area contributed by atoms with Crippen LogP contribution in [0.4, 0.5) is 8.78 Å². The lowest BCUT2D eigenvalue weighted by Gasteiger charge is -2.04. The summed E-state index contributed by atoms with van der Waals surface area (Å²) in [5, 5.41) is 8.75. The van der Waals surface area contributed by atoms with E-state index in [4.69, 9.17) is 5.11 Å². The van der Waals surface area contributed by atoms with Crippen molar-refractivity contribution < 1.29 is 18.7 Å². The number of aliphatic carboxylic acids is 1. The SMILES string of the molecule is CC(CC(=O)O)c1ccc(-c2cc(F)cc(F)c2)s1. The molecule has 0 saturated heterocycles. The van der Waals surface area contributed by atoms with Gasteiger partial charge in [0.1, 0.15) is 11.6 Å². The fraction of sp³-hybridized carbons (Fsp3) is 0.214. The van der Waals surface area contributed by atoms with Gasteiger partial charge in [-0.15, -0.1) is 11.3 Å². The van der Waals surface area contributed by atoms with E-state index in [1.807, 2.05) is 6.92 Å². The molecule has 5 heteroatoms. The molecule has 1 aromatic carbocycles. The molecule has 0 bridgehead atoms. The highest BCUT2D eigenvalue weighted by atomic mass is 32.1. The van der Waals surface area contributed by atoms with Crippen molar-refractivity contribution in [1.82, 2.24) is 0 Å². The van der Waals surface area contributed by atoms with E-state index in [0.29, 0.717) is 5.56 Å². The van der Waals surface area contributed by atoms with Crippen LogP contribution in [0.15, 0.2) is 30.3 Å². The maximum absolute atomic E-state index is 13.1. The van der Waals surface area contributed by atoms with Gasteiger partial charge >= 0.3 is 5.97 Å².